The van der Waals surface area contributed by atoms with Crippen LogP contribution in [0.15, 0.2) is 0 Å². The lowest BCUT2D eigenvalue weighted by Gasteiger charge is -2.69. The van der Waals surface area contributed by atoms with Gasteiger partial charge in [0.15, 0.2) is 0 Å². The minimum absolute atomic E-state index is 0.287. The highest BCUT2D eigenvalue weighted by molar-refractivity contribution is 6.18. The maximum absolute atomic E-state index is 11.1. The van der Waals surface area contributed by atoms with Crippen LogP contribution in [0.4, 0.5) is 0 Å². The van der Waals surface area contributed by atoms with Crippen molar-refractivity contribution < 1.29 is 4.79 Å². The smallest absolute Gasteiger partial charge is 0.120 e. The highest BCUT2D eigenvalue weighted by atomic mass is 35.5. The predicted molar refractivity (Wildman–Crippen MR) is 70.2 cm³/mol. The van der Waals surface area contributed by atoms with Gasteiger partial charge in [0, 0.05) is 12.3 Å². The lowest BCUT2D eigenvalue weighted by atomic mass is 9.36. The second-order valence-electron chi connectivity index (χ2n) is 8.19. The molecule has 2 unspecified atom stereocenters. The fraction of sp³-hybridized carbons (Fsp3) is 0.933. The third-order valence-electron chi connectivity index (χ3n) is 5.61. The first-order chi connectivity index (χ1) is 7.86. The highest BCUT2D eigenvalue weighted by Gasteiger charge is 2.64. The van der Waals surface area contributed by atoms with Crippen molar-refractivity contribution in [1.82, 2.24) is 0 Å². The topological polar surface area (TPSA) is 17.1 Å². The lowest BCUT2D eigenvalue weighted by molar-refractivity contribution is -0.183. The molecule has 4 aliphatic carbocycles. The quantitative estimate of drug-likeness (QED) is 0.545. The van der Waals surface area contributed by atoms with Gasteiger partial charge in [-0.1, -0.05) is 13.8 Å². The Bertz CT molecular complexity index is 344. The van der Waals surface area contributed by atoms with Gasteiger partial charge >= 0.3 is 0 Å². The van der Waals surface area contributed by atoms with Gasteiger partial charge in [0.25, 0.3) is 0 Å². The van der Waals surface area contributed by atoms with E-state index in [0.29, 0.717) is 16.2 Å². The monoisotopic (exact) mass is 254 g/mol. The van der Waals surface area contributed by atoms with Crippen LogP contribution >= 0.6 is 11.6 Å². The maximum atomic E-state index is 11.1. The largest absolute Gasteiger partial charge is 0.303 e. The summed E-state index contributed by atoms with van der Waals surface area (Å²) in [7, 11) is 0. The Kier molecular flexibility index (Phi) is 2.32. The van der Waals surface area contributed by atoms with Crippen LogP contribution in [0.1, 0.15) is 58.8 Å². The molecule has 4 fully saturated rings. The summed E-state index contributed by atoms with van der Waals surface area (Å²) >= 11 is 6.32. The Balaban J connectivity index is 2.04. The summed E-state index contributed by atoms with van der Waals surface area (Å²) < 4.78 is 0. The molecule has 0 N–H and O–H groups in total. The molecular weight excluding hydrogens is 232 g/mol. The normalized spacial score (nSPS) is 56.2. The molecule has 4 saturated carbocycles. The zero-order chi connectivity index (χ0) is 12.4. The van der Waals surface area contributed by atoms with E-state index in [4.69, 9.17) is 11.6 Å². The summed E-state index contributed by atoms with van der Waals surface area (Å²) in [6.07, 6.45) is 9.56. The fourth-order valence-electron chi connectivity index (χ4n) is 6.73. The van der Waals surface area contributed by atoms with Crippen molar-refractivity contribution in [3.8, 4) is 0 Å². The summed E-state index contributed by atoms with van der Waals surface area (Å²) in [5.74, 6) is 0.790. The van der Waals surface area contributed by atoms with Gasteiger partial charge in [-0.15, -0.1) is 11.6 Å². The van der Waals surface area contributed by atoms with Crippen LogP contribution in [0.25, 0.3) is 0 Å². The second-order valence-corrected chi connectivity index (χ2v) is 8.45. The van der Waals surface area contributed by atoms with Gasteiger partial charge in [0.2, 0.25) is 0 Å². The Morgan fingerprint density at radius 2 is 1.47 bits per heavy atom. The molecule has 4 aliphatic rings. The molecule has 4 rings (SSSR count). The SMILES string of the molecule is CC12CC3(C)CC(CCl)(C1)CC(CC=O)(C2)C3. The van der Waals surface area contributed by atoms with E-state index >= 15 is 0 Å². The molecule has 0 aliphatic heterocycles. The lowest BCUT2D eigenvalue weighted by Crippen LogP contribution is -2.60. The van der Waals surface area contributed by atoms with Crippen molar-refractivity contribution in [2.45, 2.75) is 58.8 Å². The molecule has 0 aromatic carbocycles. The van der Waals surface area contributed by atoms with Gasteiger partial charge in [-0.05, 0) is 60.2 Å². The first-order valence-corrected chi connectivity index (χ1v) is 7.40. The molecule has 0 saturated heterocycles. The van der Waals surface area contributed by atoms with E-state index in [2.05, 4.69) is 13.8 Å². The molecule has 2 heteroatoms. The van der Waals surface area contributed by atoms with Gasteiger partial charge in [-0.2, -0.15) is 0 Å². The molecule has 0 aromatic rings. The summed E-state index contributed by atoms with van der Waals surface area (Å²) in [6, 6.07) is 0. The van der Waals surface area contributed by atoms with Crippen molar-refractivity contribution in [3.63, 3.8) is 0 Å². The van der Waals surface area contributed by atoms with E-state index < -0.39 is 0 Å². The summed E-state index contributed by atoms with van der Waals surface area (Å²) in [6.45, 7) is 4.87. The summed E-state index contributed by atoms with van der Waals surface area (Å²) in [5.41, 5.74) is 1.51. The average molecular weight is 255 g/mol. The first-order valence-electron chi connectivity index (χ1n) is 6.86. The maximum Gasteiger partial charge on any atom is 0.120 e. The molecule has 4 bridgehead atoms. The number of carbonyl (C=O) groups is 1. The number of aldehydes is 1. The van der Waals surface area contributed by atoms with E-state index in [1.54, 1.807) is 0 Å². The number of alkyl halides is 1. The Hall–Kier alpha value is -0.0400. The van der Waals surface area contributed by atoms with Gasteiger partial charge in [-0.25, -0.2) is 0 Å². The molecule has 96 valence electrons. The highest BCUT2D eigenvalue weighted by Crippen LogP contribution is 2.74. The van der Waals surface area contributed by atoms with E-state index in [0.717, 1.165) is 18.6 Å². The van der Waals surface area contributed by atoms with E-state index in [1.165, 1.54) is 38.5 Å². The minimum atomic E-state index is 0.287. The molecule has 0 radical (unpaired) electrons. The number of rotatable bonds is 3. The first kappa shape index (κ1) is 12.0. The molecule has 1 nitrogen and oxygen atoms in total. The Labute approximate surface area is 109 Å². The van der Waals surface area contributed by atoms with Crippen molar-refractivity contribution >= 4 is 17.9 Å². The van der Waals surface area contributed by atoms with Crippen LogP contribution in [0.5, 0.6) is 0 Å². The van der Waals surface area contributed by atoms with E-state index in [1.807, 2.05) is 0 Å². The van der Waals surface area contributed by atoms with E-state index in [9.17, 15) is 4.79 Å². The molecule has 0 spiro atoms. The number of carbonyl (C=O) groups excluding carboxylic acids is 1. The van der Waals surface area contributed by atoms with Crippen molar-refractivity contribution in [2.75, 3.05) is 5.88 Å². The van der Waals surface area contributed by atoms with Crippen molar-refractivity contribution in [3.05, 3.63) is 0 Å². The third-order valence-corrected chi connectivity index (χ3v) is 6.18. The molecule has 0 aromatic heterocycles. The van der Waals surface area contributed by atoms with Crippen molar-refractivity contribution in [2.24, 2.45) is 21.7 Å². The fourth-order valence-corrected chi connectivity index (χ4v) is 7.02. The zero-order valence-electron chi connectivity index (χ0n) is 11.0. The van der Waals surface area contributed by atoms with Gasteiger partial charge < -0.3 is 4.79 Å². The average Bonchev–Trinajstić information content (AvgIpc) is 2.11. The second kappa shape index (κ2) is 3.29. The zero-order valence-corrected chi connectivity index (χ0v) is 11.8. The van der Waals surface area contributed by atoms with Gasteiger partial charge in [-0.3, -0.25) is 0 Å². The molecule has 17 heavy (non-hydrogen) atoms. The van der Waals surface area contributed by atoms with Crippen LogP contribution in [0.2, 0.25) is 0 Å². The number of hydrogen-bond donors (Lipinski definition) is 0. The number of hydrogen-bond acceptors (Lipinski definition) is 1. The molecule has 0 heterocycles. The number of halogens is 1. The van der Waals surface area contributed by atoms with Gasteiger partial charge in [0.1, 0.15) is 6.29 Å². The summed E-state index contributed by atoms with van der Waals surface area (Å²) in [5, 5.41) is 0. The minimum Gasteiger partial charge on any atom is -0.303 e. The third kappa shape index (κ3) is 1.69. The molecular formula is C15H23ClO. The Morgan fingerprint density at radius 3 is 1.94 bits per heavy atom. The molecule has 2 atom stereocenters. The van der Waals surface area contributed by atoms with Crippen LogP contribution in [0, 0.1) is 21.7 Å². The van der Waals surface area contributed by atoms with Crippen LogP contribution in [0.3, 0.4) is 0 Å². The molecule has 0 amide bonds. The van der Waals surface area contributed by atoms with Gasteiger partial charge in [0.05, 0.1) is 0 Å². The van der Waals surface area contributed by atoms with Crippen LogP contribution in [-0.4, -0.2) is 12.2 Å². The van der Waals surface area contributed by atoms with Crippen molar-refractivity contribution in [1.29, 1.82) is 0 Å². The van der Waals surface area contributed by atoms with E-state index in [-0.39, 0.29) is 5.41 Å². The predicted octanol–water partition coefficient (Wildman–Crippen LogP) is 4.18. The Morgan fingerprint density at radius 1 is 0.941 bits per heavy atom. The van der Waals surface area contributed by atoms with Crippen LogP contribution < -0.4 is 0 Å². The standard InChI is InChI=1S/C15H23ClO/c1-12-5-13(2)7-14(6-12,3-4-17)10-15(8-12,9-13)11-16/h4H,3,5-11H2,1-2H3. The van der Waals surface area contributed by atoms with Crippen LogP contribution in [-0.2, 0) is 4.79 Å². The summed E-state index contributed by atoms with van der Waals surface area (Å²) in [4.78, 5) is 11.1.